The Labute approximate surface area is 137 Å². The van der Waals surface area contributed by atoms with Gasteiger partial charge in [-0.05, 0) is 20.9 Å². The molecule has 21 heavy (non-hydrogen) atoms. The first-order valence-corrected chi connectivity index (χ1v) is 7.90. The van der Waals surface area contributed by atoms with Crippen molar-refractivity contribution in [2.24, 2.45) is 0 Å². The predicted molar refractivity (Wildman–Crippen MR) is 92.9 cm³/mol. The van der Waals surface area contributed by atoms with E-state index in [1.54, 1.807) is 27.9 Å². The lowest BCUT2D eigenvalue weighted by Crippen LogP contribution is -2.58. The van der Waals surface area contributed by atoms with E-state index < -0.39 is 11.6 Å². The van der Waals surface area contributed by atoms with E-state index in [1.165, 1.54) is 0 Å². The Morgan fingerprint density at radius 1 is 1.24 bits per heavy atom. The number of carbonyl (C=O) groups excluding carboxylic acids is 2. The SMILES string of the molecule is C=C(N[C@@H](C)C(=O)NC)[C@@H](CS)NC(=O)[C@@](C)(CS)NC. The molecule has 0 fully saturated rings. The molecule has 0 aromatic heterocycles. The third-order valence-corrected chi connectivity index (χ3v) is 4.32. The fraction of sp³-hybridized carbons (Fsp3) is 0.692. The fourth-order valence-corrected chi connectivity index (χ4v) is 2.10. The lowest BCUT2D eigenvalue weighted by Gasteiger charge is -2.30. The highest BCUT2D eigenvalue weighted by Crippen LogP contribution is 2.08. The number of hydrogen-bond donors (Lipinski definition) is 6. The van der Waals surface area contributed by atoms with Gasteiger partial charge in [-0.3, -0.25) is 9.59 Å². The number of rotatable bonds is 9. The highest BCUT2D eigenvalue weighted by atomic mass is 32.1. The molecular formula is C13H26N4O2S2. The maximum atomic E-state index is 12.3. The average molecular weight is 335 g/mol. The van der Waals surface area contributed by atoms with E-state index in [0.29, 0.717) is 17.2 Å². The minimum atomic E-state index is -0.781. The van der Waals surface area contributed by atoms with Crippen molar-refractivity contribution in [2.45, 2.75) is 31.5 Å². The first-order chi connectivity index (χ1) is 9.75. The van der Waals surface area contributed by atoms with Gasteiger partial charge in [0.2, 0.25) is 11.8 Å². The maximum Gasteiger partial charge on any atom is 0.241 e. The Hall–Kier alpha value is -0.860. The fourth-order valence-electron chi connectivity index (χ4n) is 1.49. The van der Waals surface area contributed by atoms with Crippen LogP contribution in [0.4, 0.5) is 0 Å². The number of likely N-dealkylation sites (N-methyl/N-ethyl adjacent to an activating group) is 2. The van der Waals surface area contributed by atoms with Gasteiger partial charge in [-0.2, -0.15) is 25.3 Å². The van der Waals surface area contributed by atoms with Crippen LogP contribution in [0.1, 0.15) is 13.8 Å². The van der Waals surface area contributed by atoms with E-state index in [0.717, 1.165) is 0 Å². The summed E-state index contributed by atoms with van der Waals surface area (Å²) in [6.07, 6.45) is 0. The largest absolute Gasteiger partial charge is 0.376 e. The second-order valence-corrected chi connectivity index (χ2v) is 5.64. The molecule has 0 radical (unpaired) electrons. The predicted octanol–water partition coefficient (Wildman–Crippen LogP) is -0.453. The molecule has 0 aromatic carbocycles. The first-order valence-electron chi connectivity index (χ1n) is 6.64. The standard InChI is InChI=1S/C13H26N4O2S2/c1-8(16-9(2)11(18)14-4)10(6-20)17-12(19)13(3,7-21)15-5/h9-10,15-16,20-21H,1,6-7H2,2-5H3,(H,14,18)(H,17,19)/t9-,10+,13+/m0/s1. The van der Waals surface area contributed by atoms with Crippen LogP contribution in [-0.2, 0) is 9.59 Å². The normalized spacial score (nSPS) is 16.3. The zero-order chi connectivity index (χ0) is 16.6. The van der Waals surface area contributed by atoms with E-state index >= 15 is 0 Å². The number of thiol groups is 2. The van der Waals surface area contributed by atoms with Crippen LogP contribution < -0.4 is 21.3 Å². The summed E-state index contributed by atoms with van der Waals surface area (Å²) >= 11 is 8.41. The highest BCUT2D eigenvalue weighted by molar-refractivity contribution is 7.80. The van der Waals surface area contributed by atoms with Crippen LogP contribution in [-0.4, -0.2) is 55.0 Å². The minimum absolute atomic E-state index is 0.157. The molecule has 0 saturated carbocycles. The third-order valence-electron chi connectivity index (χ3n) is 3.32. The van der Waals surface area contributed by atoms with E-state index in [4.69, 9.17) is 0 Å². The molecule has 0 unspecified atom stereocenters. The molecule has 0 bridgehead atoms. The van der Waals surface area contributed by atoms with Gasteiger partial charge in [-0.25, -0.2) is 0 Å². The molecule has 2 amide bonds. The van der Waals surface area contributed by atoms with Gasteiger partial charge >= 0.3 is 0 Å². The van der Waals surface area contributed by atoms with Gasteiger partial charge in [0, 0.05) is 24.3 Å². The lowest BCUT2D eigenvalue weighted by atomic mass is 10.0. The molecule has 6 nitrogen and oxygen atoms in total. The molecule has 0 heterocycles. The summed E-state index contributed by atoms with van der Waals surface area (Å²) in [5.41, 5.74) is -0.246. The summed E-state index contributed by atoms with van der Waals surface area (Å²) in [4.78, 5) is 23.8. The van der Waals surface area contributed by atoms with Gasteiger partial charge in [0.05, 0.1) is 6.04 Å². The van der Waals surface area contributed by atoms with Crippen LogP contribution in [0.25, 0.3) is 0 Å². The van der Waals surface area contributed by atoms with Crippen molar-refractivity contribution in [3.8, 4) is 0 Å². The topological polar surface area (TPSA) is 82.3 Å². The molecule has 0 rings (SSSR count). The molecule has 8 heteroatoms. The van der Waals surface area contributed by atoms with Gasteiger partial charge in [0.1, 0.15) is 11.6 Å². The molecule has 0 aromatic rings. The molecule has 122 valence electrons. The molecule has 0 aliphatic carbocycles. The van der Waals surface area contributed by atoms with Crippen molar-refractivity contribution in [3.63, 3.8) is 0 Å². The summed E-state index contributed by atoms with van der Waals surface area (Å²) in [6, 6.07) is -0.831. The number of nitrogens with one attached hydrogen (secondary N) is 4. The van der Waals surface area contributed by atoms with E-state index in [2.05, 4.69) is 53.1 Å². The van der Waals surface area contributed by atoms with Gasteiger partial charge in [-0.15, -0.1) is 0 Å². The zero-order valence-corrected chi connectivity index (χ0v) is 14.8. The van der Waals surface area contributed by atoms with Crippen LogP contribution in [0.5, 0.6) is 0 Å². The smallest absolute Gasteiger partial charge is 0.241 e. The molecule has 0 aliphatic rings. The van der Waals surface area contributed by atoms with E-state index in [1.807, 2.05) is 0 Å². The van der Waals surface area contributed by atoms with Crippen LogP contribution in [0.3, 0.4) is 0 Å². The first kappa shape index (κ1) is 20.1. The van der Waals surface area contributed by atoms with Gasteiger partial charge in [0.25, 0.3) is 0 Å². The summed E-state index contributed by atoms with van der Waals surface area (Å²) < 4.78 is 0. The zero-order valence-electron chi connectivity index (χ0n) is 13.0. The lowest BCUT2D eigenvalue weighted by molar-refractivity contribution is -0.126. The average Bonchev–Trinajstić information content (AvgIpc) is 2.49. The quantitative estimate of drug-likeness (QED) is 0.323. The molecule has 3 atom stereocenters. The summed E-state index contributed by atoms with van der Waals surface area (Å²) in [5.74, 6) is 0.360. The van der Waals surface area contributed by atoms with Crippen molar-refractivity contribution in [3.05, 3.63) is 12.3 Å². The molecular weight excluding hydrogens is 308 g/mol. The Morgan fingerprint density at radius 3 is 2.19 bits per heavy atom. The molecule has 4 N–H and O–H groups in total. The van der Waals surface area contributed by atoms with Gasteiger partial charge in [-0.1, -0.05) is 6.58 Å². The number of hydrogen-bond acceptors (Lipinski definition) is 6. The third kappa shape index (κ3) is 5.80. The molecule has 0 saturated heterocycles. The number of amides is 2. The van der Waals surface area contributed by atoms with Crippen molar-refractivity contribution in [1.82, 2.24) is 21.3 Å². The summed E-state index contributed by atoms with van der Waals surface area (Å²) in [7, 11) is 3.26. The summed E-state index contributed by atoms with van der Waals surface area (Å²) in [6.45, 7) is 7.35. The molecule has 0 spiro atoms. The summed E-state index contributed by atoms with van der Waals surface area (Å²) in [5, 5.41) is 11.3. The van der Waals surface area contributed by atoms with Crippen molar-refractivity contribution < 1.29 is 9.59 Å². The maximum absolute atomic E-state index is 12.3. The van der Waals surface area contributed by atoms with Crippen molar-refractivity contribution in [2.75, 3.05) is 25.6 Å². The van der Waals surface area contributed by atoms with Gasteiger partial charge in [0.15, 0.2) is 0 Å². The number of carbonyl (C=O) groups is 2. The van der Waals surface area contributed by atoms with Crippen molar-refractivity contribution in [1.29, 1.82) is 0 Å². The van der Waals surface area contributed by atoms with E-state index in [-0.39, 0.29) is 17.9 Å². The van der Waals surface area contributed by atoms with E-state index in [9.17, 15) is 9.59 Å². The van der Waals surface area contributed by atoms with Crippen LogP contribution >= 0.6 is 25.3 Å². The Kier molecular flexibility index (Phi) is 8.84. The van der Waals surface area contributed by atoms with Crippen LogP contribution in [0.15, 0.2) is 12.3 Å². The van der Waals surface area contributed by atoms with Crippen molar-refractivity contribution >= 4 is 37.1 Å². The second kappa shape index (κ2) is 9.22. The Morgan fingerprint density at radius 2 is 1.81 bits per heavy atom. The minimum Gasteiger partial charge on any atom is -0.376 e. The van der Waals surface area contributed by atoms with Crippen LogP contribution in [0, 0.1) is 0 Å². The van der Waals surface area contributed by atoms with Crippen LogP contribution in [0.2, 0.25) is 0 Å². The Bertz CT molecular complexity index is 386. The van der Waals surface area contributed by atoms with Gasteiger partial charge < -0.3 is 21.3 Å². The second-order valence-electron chi connectivity index (χ2n) is 4.95. The highest BCUT2D eigenvalue weighted by Gasteiger charge is 2.31. The monoisotopic (exact) mass is 334 g/mol. The Balaban J connectivity index is 4.75. The molecule has 0 aliphatic heterocycles.